The van der Waals surface area contributed by atoms with Crippen LogP contribution >= 0.6 is 0 Å². The minimum absolute atomic E-state index is 0.697. The van der Waals surface area contributed by atoms with Crippen LogP contribution in [0.4, 0.5) is 0 Å². The molecule has 0 aromatic heterocycles. The highest BCUT2D eigenvalue weighted by Gasteiger charge is 2.19. The summed E-state index contributed by atoms with van der Waals surface area (Å²) in [5, 5.41) is 3.20. The van der Waals surface area contributed by atoms with Crippen molar-refractivity contribution in [3.05, 3.63) is 29.8 Å². The highest BCUT2D eigenvalue weighted by atomic mass is 16.5. The molecule has 1 aromatic rings. The summed E-state index contributed by atoms with van der Waals surface area (Å²) in [5.41, 5.74) is 1.40. The van der Waals surface area contributed by atoms with Crippen molar-refractivity contribution in [2.24, 2.45) is 0 Å². The van der Waals surface area contributed by atoms with Gasteiger partial charge in [0, 0.05) is 0 Å². The molecule has 0 amide bonds. The molecule has 1 heterocycles. The van der Waals surface area contributed by atoms with Crippen LogP contribution in [0.5, 0.6) is 5.75 Å². The molecule has 0 saturated heterocycles. The van der Waals surface area contributed by atoms with Gasteiger partial charge >= 0.3 is 0 Å². The first-order chi connectivity index (χ1) is 7.42. The van der Waals surface area contributed by atoms with Gasteiger partial charge in [0.25, 0.3) is 0 Å². The van der Waals surface area contributed by atoms with Crippen LogP contribution in [0.1, 0.15) is 30.7 Å². The predicted molar refractivity (Wildman–Crippen MR) is 62.5 cm³/mol. The molecule has 1 aromatic carbocycles. The molecule has 2 heteroatoms. The van der Waals surface area contributed by atoms with Crippen LogP contribution in [-0.2, 0) is 0 Å². The topological polar surface area (TPSA) is 21.3 Å². The third-order valence-electron chi connectivity index (χ3n) is 3.06. The van der Waals surface area contributed by atoms with Crippen LogP contribution in [0.25, 0.3) is 0 Å². The van der Waals surface area contributed by atoms with E-state index in [1.165, 1.54) is 24.8 Å². The fourth-order valence-electron chi connectivity index (χ4n) is 2.24. The normalized spacial score (nSPS) is 19.4. The van der Waals surface area contributed by atoms with Gasteiger partial charge in [-0.15, -0.1) is 0 Å². The molecule has 2 rings (SSSR count). The lowest BCUT2D eigenvalue weighted by molar-refractivity contribution is 0.262. The quantitative estimate of drug-likeness (QED) is 0.763. The Morgan fingerprint density at radius 1 is 1.40 bits per heavy atom. The Morgan fingerprint density at radius 3 is 3.13 bits per heavy atom. The Hall–Kier alpha value is -1.02. The summed E-state index contributed by atoms with van der Waals surface area (Å²) in [6.07, 6.45) is 3.68. The summed E-state index contributed by atoms with van der Waals surface area (Å²) in [4.78, 5) is 0. The van der Waals surface area contributed by atoms with Gasteiger partial charge in [0.2, 0.25) is 0 Å². The summed E-state index contributed by atoms with van der Waals surface area (Å²) < 4.78 is 5.64. The van der Waals surface area contributed by atoms with Gasteiger partial charge in [-0.2, -0.15) is 0 Å². The first-order valence-corrected chi connectivity index (χ1v) is 5.78. The van der Waals surface area contributed by atoms with Crippen molar-refractivity contribution in [2.75, 3.05) is 20.2 Å². The van der Waals surface area contributed by atoms with E-state index in [4.69, 9.17) is 4.74 Å². The number of nitrogens with one attached hydrogen (secondary N) is 1. The second-order valence-corrected chi connectivity index (χ2v) is 4.12. The lowest BCUT2D eigenvalue weighted by Gasteiger charge is -2.25. The van der Waals surface area contributed by atoms with E-state index < -0.39 is 0 Å². The van der Waals surface area contributed by atoms with Gasteiger partial charge in [0.1, 0.15) is 5.75 Å². The molecule has 1 N–H and O–H groups in total. The Morgan fingerprint density at radius 2 is 2.27 bits per heavy atom. The summed E-state index contributed by atoms with van der Waals surface area (Å²) in [6, 6.07) is 8.45. The third kappa shape index (κ3) is 2.51. The first-order valence-electron chi connectivity index (χ1n) is 5.78. The average Bonchev–Trinajstić information content (AvgIpc) is 2.30. The van der Waals surface area contributed by atoms with Gasteiger partial charge in [-0.3, -0.25) is 0 Å². The second kappa shape index (κ2) is 5.17. The van der Waals surface area contributed by atoms with Gasteiger partial charge in [-0.25, -0.2) is 0 Å². The van der Waals surface area contributed by atoms with E-state index in [9.17, 15) is 0 Å². The van der Waals surface area contributed by atoms with E-state index in [1.807, 2.05) is 7.05 Å². The van der Waals surface area contributed by atoms with E-state index in [0.29, 0.717) is 5.92 Å². The highest BCUT2D eigenvalue weighted by Crippen LogP contribution is 2.35. The first kappa shape index (κ1) is 10.5. The number of para-hydroxylation sites is 1. The van der Waals surface area contributed by atoms with Gasteiger partial charge in [-0.1, -0.05) is 18.2 Å². The molecule has 0 saturated carbocycles. The molecule has 1 atom stereocenters. The van der Waals surface area contributed by atoms with Crippen LogP contribution in [0, 0.1) is 0 Å². The molecule has 15 heavy (non-hydrogen) atoms. The van der Waals surface area contributed by atoms with Crippen LogP contribution in [0.2, 0.25) is 0 Å². The van der Waals surface area contributed by atoms with Crippen LogP contribution in [0.3, 0.4) is 0 Å². The number of benzene rings is 1. The maximum absolute atomic E-state index is 5.64. The molecular weight excluding hydrogens is 186 g/mol. The number of ether oxygens (including phenoxy) is 1. The average molecular weight is 205 g/mol. The van der Waals surface area contributed by atoms with E-state index in [0.717, 1.165) is 18.9 Å². The van der Waals surface area contributed by atoms with Gasteiger partial charge in [0.15, 0.2) is 0 Å². The Labute approximate surface area is 91.6 Å². The molecule has 0 fully saturated rings. The highest BCUT2D eigenvalue weighted by molar-refractivity contribution is 5.37. The minimum atomic E-state index is 0.697. The molecule has 0 spiro atoms. The van der Waals surface area contributed by atoms with Crippen molar-refractivity contribution >= 4 is 0 Å². The zero-order valence-corrected chi connectivity index (χ0v) is 9.33. The molecule has 0 aliphatic carbocycles. The fraction of sp³-hybridized carbons (Fsp3) is 0.538. The summed E-state index contributed by atoms with van der Waals surface area (Å²) in [6.45, 7) is 1.99. The molecule has 0 radical (unpaired) electrons. The van der Waals surface area contributed by atoms with Gasteiger partial charge in [0.05, 0.1) is 6.61 Å². The smallest absolute Gasteiger partial charge is 0.122 e. The summed E-state index contributed by atoms with van der Waals surface area (Å²) in [5.74, 6) is 1.79. The molecule has 1 aliphatic rings. The van der Waals surface area contributed by atoms with Crippen molar-refractivity contribution in [1.29, 1.82) is 0 Å². The Bertz CT molecular complexity index is 311. The third-order valence-corrected chi connectivity index (χ3v) is 3.06. The van der Waals surface area contributed by atoms with Crippen LogP contribution < -0.4 is 10.1 Å². The molecule has 0 bridgehead atoms. The Balaban J connectivity index is 2.02. The molecule has 1 aliphatic heterocycles. The zero-order chi connectivity index (χ0) is 10.5. The van der Waals surface area contributed by atoms with Crippen molar-refractivity contribution < 1.29 is 4.74 Å². The molecule has 2 nitrogen and oxygen atoms in total. The van der Waals surface area contributed by atoms with E-state index in [-0.39, 0.29) is 0 Å². The molecule has 1 unspecified atom stereocenters. The molecular formula is C13H19NO. The van der Waals surface area contributed by atoms with Crippen LogP contribution in [0.15, 0.2) is 24.3 Å². The maximum atomic E-state index is 5.64. The van der Waals surface area contributed by atoms with E-state index in [1.54, 1.807) is 0 Å². The monoisotopic (exact) mass is 205 g/mol. The van der Waals surface area contributed by atoms with Crippen LogP contribution in [-0.4, -0.2) is 20.2 Å². The number of fused-ring (bicyclic) bond motifs is 1. The number of rotatable bonds is 4. The second-order valence-electron chi connectivity index (χ2n) is 4.12. The van der Waals surface area contributed by atoms with Crippen molar-refractivity contribution in [2.45, 2.75) is 25.2 Å². The van der Waals surface area contributed by atoms with E-state index in [2.05, 4.69) is 29.6 Å². The number of hydrogen-bond donors (Lipinski definition) is 1. The largest absolute Gasteiger partial charge is 0.493 e. The van der Waals surface area contributed by atoms with E-state index >= 15 is 0 Å². The van der Waals surface area contributed by atoms with Crippen molar-refractivity contribution in [3.63, 3.8) is 0 Å². The Kier molecular flexibility index (Phi) is 3.62. The molecule has 82 valence electrons. The van der Waals surface area contributed by atoms with Crippen molar-refractivity contribution in [1.82, 2.24) is 5.32 Å². The minimum Gasteiger partial charge on any atom is -0.493 e. The maximum Gasteiger partial charge on any atom is 0.122 e. The van der Waals surface area contributed by atoms with Gasteiger partial charge in [-0.05, 0) is 50.4 Å². The summed E-state index contributed by atoms with van der Waals surface area (Å²) >= 11 is 0. The summed E-state index contributed by atoms with van der Waals surface area (Å²) in [7, 11) is 2.01. The SMILES string of the molecule is CNCCCC1CCOc2ccccc21. The zero-order valence-electron chi connectivity index (χ0n) is 9.33. The fourth-order valence-corrected chi connectivity index (χ4v) is 2.24. The number of hydrogen-bond acceptors (Lipinski definition) is 2. The standard InChI is InChI=1S/C13H19NO/c1-14-9-4-5-11-8-10-15-13-7-3-2-6-12(11)13/h2-3,6-7,11,14H,4-5,8-10H2,1H3. The lowest BCUT2D eigenvalue weighted by Crippen LogP contribution is -2.16. The predicted octanol–water partition coefficient (Wildman–Crippen LogP) is 2.55. The lowest BCUT2D eigenvalue weighted by atomic mass is 9.89. The van der Waals surface area contributed by atoms with Crippen molar-refractivity contribution in [3.8, 4) is 5.75 Å². The van der Waals surface area contributed by atoms with Gasteiger partial charge < -0.3 is 10.1 Å².